The molecule has 0 saturated carbocycles. The molecule has 1 N–H and O–H groups in total. The third kappa shape index (κ3) is 5.72. The van der Waals surface area contributed by atoms with Crippen LogP contribution in [0.5, 0.6) is 0 Å². The quantitative estimate of drug-likeness (QED) is 0.584. The Hall–Kier alpha value is -2.49. The van der Waals surface area contributed by atoms with Crippen molar-refractivity contribution in [2.24, 2.45) is 0 Å². The van der Waals surface area contributed by atoms with Crippen molar-refractivity contribution >= 4 is 23.3 Å². The Bertz CT molecular complexity index is 1170. The number of aryl methyl sites for hydroxylation is 1. The van der Waals surface area contributed by atoms with E-state index in [9.17, 15) is 18.0 Å². The number of piperidine rings is 1. The number of aromatic amines is 1. The first-order chi connectivity index (χ1) is 15.2. The molecule has 4 rings (SSSR count). The number of hydrogen-bond acceptors (Lipinski definition) is 5. The van der Waals surface area contributed by atoms with Gasteiger partial charge in [0.15, 0.2) is 5.82 Å². The van der Waals surface area contributed by atoms with Crippen LogP contribution in [0.25, 0.3) is 22.4 Å². The lowest BCUT2D eigenvalue weighted by molar-refractivity contribution is -0.137. The highest BCUT2D eigenvalue weighted by Gasteiger charge is 2.31. The van der Waals surface area contributed by atoms with E-state index in [4.69, 9.17) is 4.74 Å². The van der Waals surface area contributed by atoms with Gasteiger partial charge in [-0.05, 0) is 55.5 Å². The van der Waals surface area contributed by atoms with E-state index in [0.717, 1.165) is 68.4 Å². The van der Waals surface area contributed by atoms with Crippen molar-refractivity contribution in [1.29, 1.82) is 0 Å². The van der Waals surface area contributed by atoms with Gasteiger partial charge in [-0.3, -0.25) is 9.78 Å². The third-order valence-electron chi connectivity index (χ3n) is 5.97. The lowest BCUT2D eigenvalue weighted by Gasteiger charge is -2.31. The Morgan fingerprint density at radius 1 is 1.21 bits per heavy atom. The van der Waals surface area contributed by atoms with Gasteiger partial charge in [-0.1, -0.05) is 6.07 Å². The van der Waals surface area contributed by atoms with Crippen molar-refractivity contribution in [3.8, 4) is 11.5 Å². The van der Waals surface area contributed by atoms with Gasteiger partial charge in [-0.15, -0.1) is 12.4 Å². The number of H-pyrrole nitrogens is 1. The first-order valence-corrected chi connectivity index (χ1v) is 10.6. The third-order valence-corrected chi connectivity index (χ3v) is 5.97. The summed E-state index contributed by atoms with van der Waals surface area (Å²) in [5.74, 6) is 0.0189. The van der Waals surface area contributed by atoms with E-state index in [-0.39, 0.29) is 23.9 Å². The van der Waals surface area contributed by atoms with Crippen LogP contribution in [0, 0.1) is 6.92 Å². The van der Waals surface area contributed by atoms with Crippen LogP contribution in [-0.4, -0.2) is 52.7 Å². The monoisotopic (exact) mass is 482 g/mol. The molecule has 0 radical (unpaired) electrons. The van der Waals surface area contributed by atoms with Crippen molar-refractivity contribution in [2.75, 3.05) is 26.7 Å². The summed E-state index contributed by atoms with van der Waals surface area (Å²) in [4.78, 5) is 26.1. The number of nitrogens with one attached hydrogen (secondary N) is 1. The number of nitrogens with zero attached hydrogens (tertiary/aromatic N) is 3. The Kier molecular flexibility index (Phi) is 7.76. The minimum atomic E-state index is -4.50. The Morgan fingerprint density at radius 2 is 1.94 bits per heavy atom. The van der Waals surface area contributed by atoms with E-state index in [1.54, 1.807) is 7.11 Å². The fourth-order valence-corrected chi connectivity index (χ4v) is 4.15. The zero-order valence-corrected chi connectivity index (χ0v) is 19.2. The molecule has 1 aliphatic rings. The molecule has 178 valence electrons. The van der Waals surface area contributed by atoms with Crippen molar-refractivity contribution in [3.63, 3.8) is 0 Å². The second kappa shape index (κ2) is 10.2. The number of fused-ring (bicyclic) bond motifs is 1. The Labute approximate surface area is 195 Å². The molecule has 0 bridgehead atoms. The molecule has 0 amide bonds. The van der Waals surface area contributed by atoms with Gasteiger partial charge in [0, 0.05) is 32.9 Å². The van der Waals surface area contributed by atoms with Gasteiger partial charge in [-0.25, -0.2) is 4.98 Å². The summed E-state index contributed by atoms with van der Waals surface area (Å²) < 4.78 is 44.5. The molecule has 1 fully saturated rings. The zero-order chi connectivity index (χ0) is 22.9. The van der Waals surface area contributed by atoms with Crippen LogP contribution in [0.4, 0.5) is 13.2 Å². The van der Waals surface area contributed by atoms with E-state index < -0.39 is 17.3 Å². The molecular weight excluding hydrogens is 457 g/mol. The lowest BCUT2D eigenvalue weighted by Crippen LogP contribution is -2.37. The molecule has 0 atom stereocenters. The van der Waals surface area contributed by atoms with E-state index in [1.165, 1.54) is 0 Å². The summed E-state index contributed by atoms with van der Waals surface area (Å²) in [5, 5.41) is 0.425. The first kappa shape index (κ1) is 25.1. The van der Waals surface area contributed by atoms with Crippen LogP contribution < -0.4 is 5.56 Å². The molecule has 0 aliphatic carbocycles. The molecule has 0 spiro atoms. The van der Waals surface area contributed by atoms with Crippen molar-refractivity contribution in [2.45, 2.75) is 38.5 Å². The fourth-order valence-electron chi connectivity index (χ4n) is 4.15. The van der Waals surface area contributed by atoms with Gasteiger partial charge in [-0.2, -0.15) is 13.2 Å². The lowest BCUT2D eigenvalue weighted by atomic mass is 10.0. The standard InChI is InChI=1S/C23H25F3N4O2.ClH/c1-14-11-15(4-8-30-9-5-17(32-2)6-10-30)12-18-20(14)28-21(29-22(18)31)19-13-16(3-7-27-19)23(24,25)26;/h3,7,11-13,17H,4-6,8-10H2,1-2H3,(H,28,29,31);1H. The minimum Gasteiger partial charge on any atom is -0.381 e. The predicted molar refractivity (Wildman–Crippen MR) is 123 cm³/mol. The first-order valence-electron chi connectivity index (χ1n) is 10.6. The number of ether oxygens (including phenoxy) is 1. The Morgan fingerprint density at radius 3 is 2.61 bits per heavy atom. The van der Waals surface area contributed by atoms with Gasteiger partial charge in [0.25, 0.3) is 5.56 Å². The number of hydrogen-bond donors (Lipinski definition) is 1. The van der Waals surface area contributed by atoms with Crippen LogP contribution in [-0.2, 0) is 17.3 Å². The number of alkyl halides is 3. The van der Waals surface area contributed by atoms with E-state index >= 15 is 0 Å². The summed E-state index contributed by atoms with van der Waals surface area (Å²) in [6.07, 6.45) is -0.275. The molecule has 10 heteroatoms. The van der Waals surface area contributed by atoms with Gasteiger partial charge in [0.1, 0.15) is 5.69 Å². The molecule has 1 saturated heterocycles. The van der Waals surface area contributed by atoms with Gasteiger partial charge in [0.05, 0.1) is 22.6 Å². The van der Waals surface area contributed by atoms with Gasteiger partial charge in [0.2, 0.25) is 0 Å². The second-order valence-electron chi connectivity index (χ2n) is 8.18. The molecule has 3 heterocycles. The largest absolute Gasteiger partial charge is 0.416 e. The van der Waals surface area contributed by atoms with E-state index in [2.05, 4.69) is 19.9 Å². The summed E-state index contributed by atoms with van der Waals surface area (Å²) >= 11 is 0. The molecule has 2 aromatic heterocycles. The number of pyridine rings is 1. The fraction of sp³-hybridized carbons (Fsp3) is 0.435. The summed E-state index contributed by atoms with van der Waals surface area (Å²) in [5.41, 5.74) is 1.03. The summed E-state index contributed by atoms with van der Waals surface area (Å²) in [6, 6.07) is 5.58. The average molecular weight is 483 g/mol. The van der Waals surface area contributed by atoms with Gasteiger partial charge < -0.3 is 14.6 Å². The van der Waals surface area contributed by atoms with Crippen LogP contribution in [0.1, 0.15) is 29.5 Å². The number of likely N-dealkylation sites (tertiary alicyclic amines) is 1. The topological polar surface area (TPSA) is 71.1 Å². The number of methoxy groups -OCH3 is 1. The molecule has 6 nitrogen and oxygen atoms in total. The second-order valence-corrected chi connectivity index (χ2v) is 8.18. The highest BCUT2D eigenvalue weighted by atomic mass is 35.5. The van der Waals surface area contributed by atoms with Crippen molar-refractivity contribution < 1.29 is 17.9 Å². The maximum atomic E-state index is 13.0. The molecule has 0 unspecified atom stereocenters. The van der Waals surface area contributed by atoms with E-state index in [0.29, 0.717) is 17.0 Å². The zero-order valence-electron chi connectivity index (χ0n) is 18.4. The predicted octanol–water partition coefficient (Wildman–Crippen LogP) is 4.39. The molecule has 33 heavy (non-hydrogen) atoms. The average Bonchev–Trinajstić information content (AvgIpc) is 2.78. The highest BCUT2D eigenvalue weighted by Crippen LogP contribution is 2.30. The minimum absolute atomic E-state index is 0. The van der Waals surface area contributed by atoms with Crippen LogP contribution in [0.3, 0.4) is 0 Å². The number of halogens is 4. The highest BCUT2D eigenvalue weighted by molar-refractivity contribution is 5.85. The maximum absolute atomic E-state index is 13.0. The normalized spacial score (nSPS) is 15.5. The van der Waals surface area contributed by atoms with Crippen LogP contribution >= 0.6 is 12.4 Å². The molecule has 1 aromatic carbocycles. The molecule has 3 aromatic rings. The van der Waals surface area contributed by atoms with Crippen molar-refractivity contribution in [3.05, 3.63) is 57.5 Å². The van der Waals surface area contributed by atoms with Crippen molar-refractivity contribution in [1.82, 2.24) is 19.9 Å². The molecular formula is C23H26ClF3N4O2. The Balaban J connectivity index is 0.00000306. The maximum Gasteiger partial charge on any atom is 0.416 e. The number of aromatic nitrogens is 3. The number of benzene rings is 1. The smallest absolute Gasteiger partial charge is 0.381 e. The SMILES string of the molecule is COC1CCN(CCc2cc(C)c3nc(-c4cc(C(F)(F)F)ccn4)[nH]c(=O)c3c2)CC1.Cl. The molecule has 1 aliphatic heterocycles. The van der Waals surface area contributed by atoms with Crippen LogP contribution in [0.15, 0.2) is 35.3 Å². The van der Waals surface area contributed by atoms with E-state index in [1.807, 2.05) is 19.1 Å². The van der Waals surface area contributed by atoms with Crippen LogP contribution in [0.2, 0.25) is 0 Å². The summed E-state index contributed by atoms with van der Waals surface area (Å²) in [6.45, 7) is 4.71. The summed E-state index contributed by atoms with van der Waals surface area (Å²) in [7, 11) is 1.75. The number of rotatable bonds is 5. The van der Waals surface area contributed by atoms with Gasteiger partial charge >= 0.3 is 6.18 Å².